The smallest absolute Gasteiger partial charge is 0.186 e. The molecular formula is C26H16LiO. The second-order valence-corrected chi connectivity index (χ2v) is 7.30. The molecule has 0 bridgehead atoms. The molecule has 3 aliphatic rings. The van der Waals surface area contributed by atoms with Crippen LogP contribution in [0.1, 0.15) is 16.7 Å². The molecule has 0 heterocycles. The van der Waals surface area contributed by atoms with Crippen LogP contribution >= 0.6 is 0 Å². The molecule has 1 radical (unpaired) electrons. The van der Waals surface area contributed by atoms with Crippen molar-refractivity contribution in [2.45, 2.75) is 6.42 Å². The third kappa shape index (κ3) is 2.31. The summed E-state index contributed by atoms with van der Waals surface area (Å²) in [4.78, 5) is 13.0. The molecule has 0 N–H and O–H groups in total. The van der Waals surface area contributed by atoms with Gasteiger partial charge in [0.2, 0.25) is 0 Å². The Labute approximate surface area is 175 Å². The van der Waals surface area contributed by atoms with Crippen LogP contribution in [0.3, 0.4) is 0 Å². The summed E-state index contributed by atoms with van der Waals surface area (Å²) in [6.45, 7) is 0. The maximum absolute atomic E-state index is 13.0. The third-order valence-corrected chi connectivity index (χ3v) is 5.88. The Morgan fingerprint density at radius 3 is 2.36 bits per heavy atom. The van der Waals surface area contributed by atoms with Crippen LogP contribution in [0.25, 0.3) is 28.3 Å². The number of hydrogen-bond donors (Lipinski definition) is 0. The fourth-order valence-corrected chi connectivity index (χ4v) is 4.68. The monoisotopic (exact) mass is 351 g/mol. The fourth-order valence-electron chi connectivity index (χ4n) is 4.68. The van der Waals surface area contributed by atoms with Crippen molar-refractivity contribution < 1.29 is 4.79 Å². The van der Waals surface area contributed by atoms with E-state index in [1.54, 1.807) is 6.08 Å². The van der Waals surface area contributed by atoms with Crippen LogP contribution < -0.4 is 10.4 Å². The van der Waals surface area contributed by atoms with Crippen LogP contribution in [0.2, 0.25) is 0 Å². The van der Waals surface area contributed by atoms with Crippen molar-refractivity contribution in [3.05, 3.63) is 112 Å². The van der Waals surface area contributed by atoms with Crippen molar-refractivity contribution in [2.24, 2.45) is 0 Å². The molecule has 0 saturated heterocycles. The maximum atomic E-state index is 13.0. The molecule has 127 valence electrons. The number of benzene rings is 3. The van der Waals surface area contributed by atoms with E-state index in [1.807, 2.05) is 6.08 Å². The number of allylic oxidation sites excluding steroid dienone is 4. The predicted octanol–water partition coefficient (Wildman–Crippen LogP) is 3.41. The Hall–Kier alpha value is -2.85. The predicted molar refractivity (Wildman–Crippen MR) is 115 cm³/mol. The topological polar surface area (TPSA) is 17.1 Å². The molecule has 3 aromatic rings. The van der Waals surface area contributed by atoms with Gasteiger partial charge in [0.15, 0.2) is 5.78 Å². The van der Waals surface area contributed by atoms with Crippen LogP contribution in [0.15, 0.2) is 84.5 Å². The van der Waals surface area contributed by atoms with Crippen molar-refractivity contribution in [2.75, 3.05) is 0 Å². The summed E-state index contributed by atoms with van der Waals surface area (Å²) in [5.74, 6) is 0.110. The average molecular weight is 351 g/mol. The second-order valence-electron chi connectivity index (χ2n) is 7.30. The minimum absolute atomic E-state index is 0. The summed E-state index contributed by atoms with van der Waals surface area (Å²) in [6, 6.07) is 23.2. The van der Waals surface area contributed by atoms with Crippen molar-refractivity contribution in [1.29, 1.82) is 0 Å². The number of rotatable bonds is 0. The van der Waals surface area contributed by atoms with Crippen molar-refractivity contribution in [3.63, 3.8) is 0 Å². The van der Waals surface area contributed by atoms with E-state index < -0.39 is 0 Å². The SMILES string of the molecule is O=C1C=CC2=C(Cc3ccccc32)C1=c1cccc2c1=Cc1ccccc1-2.[Li]. The standard InChI is InChI=1S/C26H16O.Li/c27-25-13-12-21-19-9-4-2-7-17(19)15-24(21)26(25)22-11-5-10-20-18-8-3-1-6-16(18)14-23(20)22;/h1-14H,15H2;. The first-order valence-electron chi connectivity index (χ1n) is 9.30. The Bertz CT molecular complexity index is 1360. The number of carbonyl (C=O) groups is 1. The molecular weight excluding hydrogens is 335 g/mol. The number of fused-ring (bicyclic) bond motifs is 5. The normalized spacial score (nSPS) is 17.4. The van der Waals surface area contributed by atoms with Gasteiger partial charge >= 0.3 is 0 Å². The zero-order chi connectivity index (χ0) is 18.0. The Kier molecular flexibility index (Phi) is 3.91. The molecule has 2 heteroatoms. The summed E-state index contributed by atoms with van der Waals surface area (Å²) in [7, 11) is 0. The number of hydrogen-bond acceptors (Lipinski definition) is 1. The molecule has 0 unspecified atom stereocenters. The van der Waals surface area contributed by atoms with Gasteiger partial charge in [0.1, 0.15) is 0 Å². The van der Waals surface area contributed by atoms with Gasteiger partial charge in [0, 0.05) is 24.4 Å². The van der Waals surface area contributed by atoms with Crippen molar-refractivity contribution in [3.8, 4) is 11.1 Å². The average Bonchev–Trinajstić information content (AvgIpc) is 3.26. The fraction of sp³-hybridized carbons (Fsp3) is 0.0385. The van der Waals surface area contributed by atoms with Crippen LogP contribution in [0.5, 0.6) is 0 Å². The van der Waals surface area contributed by atoms with Crippen LogP contribution in [0, 0.1) is 0 Å². The van der Waals surface area contributed by atoms with Crippen molar-refractivity contribution in [1.82, 2.24) is 0 Å². The minimum Gasteiger partial charge on any atom is -0.289 e. The Morgan fingerprint density at radius 1 is 0.714 bits per heavy atom. The minimum atomic E-state index is 0. The summed E-state index contributed by atoms with van der Waals surface area (Å²) in [5, 5.41) is 2.22. The largest absolute Gasteiger partial charge is 0.289 e. The van der Waals surface area contributed by atoms with Gasteiger partial charge in [-0.05, 0) is 68.0 Å². The van der Waals surface area contributed by atoms with E-state index in [9.17, 15) is 4.79 Å². The Balaban J connectivity index is 0.00000171. The molecule has 0 aromatic heterocycles. The van der Waals surface area contributed by atoms with Gasteiger partial charge in [-0.25, -0.2) is 0 Å². The zero-order valence-corrected chi connectivity index (χ0v) is 15.7. The molecule has 0 spiro atoms. The van der Waals surface area contributed by atoms with Gasteiger partial charge in [-0.1, -0.05) is 72.8 Å². The molecule has 0 saturated carbocycles. The molecule has 3 aliphatic carbocycles. The van der Waals surface area contributed by atoms with E-state index in [4.69, 9.17) is 0 Å². The third-order valence-electron chi connectivity index (χ3n) is 5.88. The summed E-state index contributed by atoms with van der Waals surface area (Å²) in [5.41, 5.74) is 9.49. The first kappa shape index (κ1) is 17.3. The van der Waals surface area contributed by atoms with Gasteiger partial charge in [0.25, 0.3) is 0 Å². The van der Waals surface area contributed by atoms with Crippen molar-refractivity contribution >= 4 is 41.9 Å². The van der Waals surface area contributed by atoms with Crippen LogP contribution in [0.4, 0.5) is 0 Å². The molecule has 6 rings (SSSR count). The van der Waals surface area contributed by atoms with Gasteiger partial charge in [-0.2, -0.15) is 0 Å². The maximum Gasteiger partial charge on any atom is 0.186 e. The molecule has 3 aromatic carbocycles. The number of carbonyl (C=O) groups excluding carboxylic acids is 1. The molecule has 0 atom stereocenters. The molecule has 1 nitrogen and oxygen atoms in total. The van der Waals surface area contributed by atoms with Gasteiger partial charge in [-0.3, -0.25) is 4.79 Å². The summed E-state index contributed by atoms with van der Waals surface area (Å²) in [6.07, 6.45) is 6.78. The summed E-state index contributed by atoms with van der Waals surface area (Å²) < 4.78 is 0. The molecule has 28 heavy (non-hydrogen) atoms. The van der Waals surface area contributed by atoms with Gasteiger partial charge in [-0.15, -0.1) is 0 Å². The molecule has 0 aliphatic heterocycles. The Morgan fingerprint density at radius 2 is 1.46 bits per heavy atom. The van der Waals surface area contributed by atoms with E-state index in [0.29, 0.717) is 0 Å². The van der Waals surface area contributed by atoms with E-state index in [2.05, 4.69) is 72.8 Å². The second kappa shape index (κ2) is 6.35. The zero-order valence-electron chi connectivity index (χ0n) is 15.7. The van der Waals surface area contributed by atoms with Crippen LogP contribution in [-0.4, -0.2) is 24.6 Å². The van der Waals surface area contributed by atoms with E-state index in [-0.39, 0.29) is 24.6 Å². The van der Waals surface area contributed by atoms with E-state index in [1.165, 1.54) is 44.2 Å². The molecule has 0 fully saturated rings. The van der Waals surface area contributed by atoms with E-state index >= 15 is 0 Å². The molecule has 0 amide bonds. The van der Waals surface area contributed by atoms with Gasteiger partial charge < -0.3 is 0 Å². The number of ketones is 1. The van der Waals surface area contributed by atoms with Gasteiger partial charge in [0.05, 0.1) is 0 Å². The van der Waals surface area contributed by atoms with Crippen LogP contribution in [-0.2, 0) is 11.2 Å². The first-order chi connectivity index (χ1) is 13.3. The first-order valence-corrected chi connectivity index (χ1v) is 9.30. The van der Waals surface area contributed by atoms with E-state index in [0.717, 1.165) is 17.2 Å². The quantitative estimate of drug-likeness (QED) is 0.444. The summed E-state index contributed by atoms with van der Waals surface area (Å²) >= 11 is 0.